The summed E-state index contributed by atoms with van der Waals surface area (Å²) in [6.45, 7) is 1.24. The van der Waals surface area contributed by atoms with Gasteiger partial charge in [-0.2, -0.15) is 0 Å². The first-order valence-corrected chi connectivity index (χ1v) is 9.03. The highest BCUT2D eigenvalue weighted by Gasteiger charge is 2.33. The number of rotatable bonds is 7. The van der Waals surface area contributed by atoms with Gasteiger partial charge in [0.2, 0.25) is 0 Å². The van der Waals surface area contributed by atoms with Crippen molar-refractivity contribution in [2.24, 2.45) is 5.41 Å². The number of nitrogens with one attached hydrogen (secondary N) is 1. The highest BCUT2D eigenvalue weighted by atomic mass is 79.9. The van der Waals surface area contributed by atoms with Gasteiger partial charge in [-0.25, -0.2) is 0 Å². The van der Waals surface area contributed by atoms with E-state index < -0.39 is 0 Å². The van der Waals surface area contributed by atoms with Crippen LogP contribution < -0.4 is 5.32 Å². The van der Waals surface area contributed by atoms with Gasteiger partial charge in [0.15, 0.2) is 0 Å². The summed E-state index contributed by atoms with van der Waals surface area (Å²) in [5.41, 5.74) is 2.13. The highest BCUT2D eigenvalue weighted by molar-refractivity contribution is 9.10. The molecule has 0 aliphatic heterocycles. The molecule has 3 rings (SSSR count). The van der Waals surface area contributed by atoms with Gasteiger partial charge in [0.05, 0.1) is 0 Å². The highest BCUT2D eigenvalue weighted by Crippen LogP contribution is 2.44. The molecule has 2 aliphatic rings. The van der Waals surface area contributed by atoms with Crippen LogP contribution in [0.5, 0.6) is 0 Å². The molecular formula is C18H26BrN. The Morgan fingerprint density at radius 2 is 1.75 bits per heavy atom. The van der Waals surface area contributed by atoms with Gasteiger partial charge in [-0.05, 0) is 74.6 Å². The summed E-state index contributed by atoms with van der Waals surface area (Å²) < 4.78 is 1.19. The summed E-state index contributed by atoms with van der Waals surface area (Å²) in [7, 11) is 0. The molecule has 0 bridgehead atoms. The Morgan fingerprint density at radius 3 is 2.40 bits per heavy atom. The minimum atomic E-state index is 0.634. The zero-order valence-electron chi connectivity index (χ0n) is 12.3. The Balaban J connectivity index is 1.51. The van der Waals surface area contributed by atoms with Crippen molar-refractivity contribution >= 4 is 15.9 Å². The van der Waals surface area contributed by atoms with Gasteiger partial charge >= 0.3 is 0 Å². The minimum Gasteiger partial charge on any atom is -0.314 e. The predicted octanol–water partition coefficient (Wildman–Crippen LogP) is 5.08. The second-order valence-electron chi connectivity index (χ2n) is 6.81. The summed E-state index contributed by atoms with van der Waals surface area (Å²) in [5, 5.41) is 3.71. The first-order chi connectivity index (χ1) is 9.76. The summed E-state index contributed by atoms with van der Waals surface area (Å²) in [6, 6.07) is 9.75. The Kier molecular flexibility index (Phi) is 4.83. The molecule has 0 amide bonds. The zero-order chi connectivity index (χ0) is 13.8. The van der Waals surface area contributed by atoms with Crippen molar-refractivity contribution in [1.29, 1.82) is 0 Å². The van der Waals surface area contributed by atoms with Crippen molar-refractivity contribution in [1.82, 2.24) is 5.32 Å². The van der Waals surface area contributed by atoms with Crippen LogP contribution in [-0.4, -0.2) is 12.6 Å². The quantitative estimate of drug-likeness (QED) is 0.732. The molecular weight excluding hydrogens is 310 g/mol. The summed E-state index contributed by atoms with van der Waals surface area (Å²) in [6.07, 6.45) is 12.6. The first kappa shape index (κ1) is 14.6. The number of halogens is 1. The van der Waals surface area contributed by atoms with Crippen LogP contribution in [0.2, 0.25) is 0 Å². The number of hydrogen-bond donors (Lipinski definition) is 1. The van der Waals surface area contributed by atoms with Crippen LogP contribution in [0.1, 0.15) is 56.9 Å². The predicted molar refractivity (Wildman–Crippen MR) is 89.0 cm³/mol. The Bertz CT molecular complexity index is 416. The SMILES string of the molecule is Brc1ccc(CCC2(CCNC3CC3)CCCC2)cc1. The maximum Gasteiger partial charge on any atom is 0.0175 e. The van der Waals surface area contributed by atoms with Crippen LogP contribution in [0.3, 0.4) is 0 Å². The fourth-order valence-corrected chi connectivity index (χ4v) is 3.90. The van der Waals surface area contributed by atoms with Crippen LogP contribution in [0, 0.1) is 5.41 Å². The van der Waals surface area contributed by atoms with E-state index >= 15 is 0 Å². The van der Waals surface area contributed by atoms with Crippen LogP contribution in [0.15, 0.2) is 28.7 Å². The monoisotopic (exact) mass is 335 g/mol. The molecule has 0 atom stereocenters. The van der Waals surface area contributed by atoms with Gasteiger partial charge in [-0.1, -0.05) is 40.9 Å². The molecule has 0 heterocycles. The normalized spacial score (nSPS) is 21.2. The Hall–Kier alpha value is -0.340. The van der Waals surface area contributed by atoms with E-state index in [1.807, 2.05) is 0 Å². The molecule has 20 heavy (non-hydrogen) atoms. The lowest BCUT2D eigenvalue weighted by molar-refractivity contribution is 0.245. The van der Waals surface area contributed by atoms with Crippen LogP contribution >= 0.6 is 15.9 Å². The topological polar surface area (TPSA) is 12.0 Å². The van der Waals surface area contributed by atoms with Crippen molar-refractivity contribution in [3.8, 4) is 0 Å². The molecule has 110 valence electrons. The third-order valence-electron chi connectivity index (χ3n) is 5.19. The average Bonchev–Trinajstić information content (AvgIpc) is 3.16. The number of hydrogen-bond acceptors (Lipinski definition) is 1. The molecule has 2 fully saturated rings. The van der Waals surface area contributed by atoms with Crippen molar-refractivity contribution < 1.29 is 0 Å². The van der Waals surface area contributed by atoms with Gasteiger partial charge in [-0.15, -0.1) is 0 Å². The Morgan fingerprint density at radius 1 is 1.05 bits per heavy atom. The van der Waals surface area contributed by atoms with Crippen molar-refractivity contribution in [2.75, 3.05) is 6.54 Å². The Labute approximate surface area is 131 Å². The second-order valence-corrected chi connectivity index (χ2v) is 7.73. The van der Waals surface area contributed by atoms with Gasteiger partial charge in [-0.3, -0.25) is 0 Å². The standard InChI is InChI=1S/C18H26BrN/c19-16-5-3-15(4-6-16)9-12-18(10-1-2-11-18)13-14-20-17-7-8-17/h3-6,17,20H,1-2,7-14H2. The van der Waals surface area contributed by atoms with E-state index in [1.165, 1.54) is 74.4 Å². The molecule has 0 radical (unpaired) electrons. The molecule has 1 aromatic carbocycles. The van der Waals surface area contributed by atoms with E-state index in [9.17, 15) is 0 Å². The zero-order valence-corrected chi connectivity index (χ0v) is 13.9. The third kappa shape index (κ3) is 4.08. The minimum absolute atomic E-state index is 0.634. The smallest absolute Gasteiger partial charge is 0.0175 e. The summed E-state index contributed by atoms with van der Waals surface area (Å²) in [4.78, 5) is 0. The maximum absolute atomic E-state index is 3.71. The van der Waals surface area contributed by atoms with E-state index in [1.54, 1.807) is 0 Å². The summed E-state index contributed by atoms with van der Waals surface area (Å²) >= 11 is 3.52. The second kappa shape index (κ2) is 6.62. The average molecular weight is 336 g/mol. The third-order valence-corrected chi connectivity index (χ3v) is 5.72. The molecule has 1 aromatic rings. The fraction of sp³-hybridized carbons (Fsp3) is 0.667. The van der Waals surface area contributed by atoms with Crippen molar-refractivity contribution in [2.45, 2.75) is 63.8 Å². The lowest BCUT2D eigenvalue weighted by atomic mass is 9.77. The van der Waals surface area contributed by atoms with Gasteiger partial charge in [0.1, 0.15) is 0 Å². The van der Waals surface area contributed by atoms with E-state index in [0.29, 0.717) is 5.41 Å². The largest absolute Gasteiger partial charge is 0.314 e. The van der Waals surface area contributed by atoms with Gasteiger partial charge < -0.3 is 5.32 Å². The molecule has 2 aliphatic carbocycles. The molecule has 0 aromatic heterocycles. The molecule has 0 saturated heterocycles. The van der Waals surface area contributed by atoms with Crippen molar-refractivity contribution in [3.63, 3.8) is 0 Å². The first-order valence-electron chi connectivity index (χ1n) is 8.24. The molecule has 1 nitrogen and oxygen atoms in total. The van der Waals surface area contributed by atoms with Gasteiger partial charge in [0.25, 0.3) is 0 Å². The van der Waals surface area contributed by atoms with Crippen LogP contribution in [0.4, 0.5) is 0 Å². The van der Waals surface area contributed by atoms with Crippen LogP contribution in [-0.2, 0) is 6.42 Å². The molecule has 0 spiro atoms. The van der Waals surface area contributed by atoms with Crippen LogP contribution in [0.25, 0.3) is 0 Å². The summed E-state index contributed by atoms with van der Waals surface area (Å²) in [5.74, 6) is 0. The molecule has 2 heteroatoms. The number of benzene rings is 1. The van der Waals surface area contributed by atoms with E-state index in [4.69, 9.17) is 0 Å². The fourth-order valence-electron chi connectivity index (χ4n) is 3.64. The lowest BCUT2D eigenvalue weighted by Crippen LogP contribution is -2.26. The van der Waals surface area contributed by atoms with Crippen molar-refractivity contribution in [3.05, 3.63) is 34.3 Å². The van der Waals surface area contributed by atoms with Gasteiger partial charge in [0, 0.05) is 10.5 Å². The molecule has 0 unspecified atom stereocenters. The van der Waals surface area contributed by atoms with E-state index in [2.05, 4.69) is 45.5 Å². The van der Waals surface area contributed by atoms with E-state index in [0.717, 1.165) is 6.04 Å². The molecule has 2 saturated carbocycles. The van der Waals surface area contributed by atoms with E-state index in [-0.39, 0.29) is 0 Å². The molecule has 1 N–H and O–H groups in total. The number of aryl methyl sites for hydroxylation is 1. The lowest BCUT2D eigenvalue weighted by Gasteiger charge is -2.29. The maximum atomic E-state index is 3.71.